The molecule has 1 aromatic rings. The number of nitrogens with one attached hydrogen (secondary N) is 1. The molecular weight excluding hydrogens is 282 g/mol. The first-order chi connectivity index (χ1) is 9.46. The monoisotopic (exact) mass is 299 g/mol. The Morgan fingerprint density at radius 2 is 2.10 bits per heavy atom. The molecule has 0 spiro atoms. The van der Waals surface area contributed by atoms with Gasteiger partial charge in [-0.1, -0.05) is 24.4 Å². The van der Waals surface area contributed by atoms with E-state index in [1.165, 1.54) is 19.2 Å². The predicted molar refractivity (Wildman–Crippen MR) is 77.1 cm³/mol. The van der Waals surface area contributed by atoms with Gasteiger partial charge in [0.15, 0.2) is 0 Å². The Labute approximate surface area is 122 Å². The lowest BCUT2D eigenvalue weighted by atomic mass is 9.96. The minimum absolute atomic E-state index is 0.0191. The maximum absolute atomic E-state index is 11.0. The molecule has 1 heterocycles. The van der Waals surface area contributed by atoms with E-state index in [1.54, 1.807) is 0 Å². The van der Waals surface area contributed by atoms with Crippen molar-refractivity contribution in [1.29, 1.82) is 0 Å². The Kier molecular flexibility index (Phi) is 4.39. The lowest BCUT2D eigenvalue weighted by Crippen LogP contribution is -2.47. The van der Waals surface area contributed by atoms with Crippen LogP contribution in [-0.4, -0.2) is 46.0 Å². The number of rotatable bonds is 5. The molecule has 0 aromatic carbocycles. The van der Waals surface area contributed by atoms with Crippen molar-refractivity contribution in [1.82, 2.24) is 14.9 Å². The van der Waals surface area contributed by atoms with E-state index in [2.05, 4.69) is 20.2 Å². The lowest BCUT2D eigenvalue weighted by Gasteiger charge is -2.36. The number of hydrogen-bond donors (Lipinski definition) is 1. The van der Waals surface area contributed by atoms with E-state index in [9.17, 15) is 10.1 Å². The van der Waals surface area contributed by atoms with Crippen LogP contribution in [0.3, 0.4) is 0 Å². The van der Waals surface area contributed by atoms with E-state index in [-0.39, 0.29) is 22.2 Å². The summed E-state index contributed by atoms with van der Waals surface area (Å²) in [6.45, 7) is 0.605. The van der Waals surface area contributed by atoms with Gasteiger partial charge in [0.25, 0.3) is 0 Å². The minimum atomic E-state index is -0.554. The summed E-state index contributed by atoms with van der Waals surface area (Å²) in [4.78, 5) is 20.3. The van der Waals surface area contributed by atoms with Crippen LogP contribution in [0.15, 0.2) is 6.33 Å². The summed E-state index contributed by atoms with van der Waals surface area (Å²) in [7, 11) is 4.07. The van der Waals surface area contributed by atoms with Crippen molar-refractivity contribution in [3.63, 3.8) is 0 Å². The molecule has 1 fully saturated rings. The highest BCUT2D eigenvalue weighted by molar-refractivity contribution is 6.31. The molecule has 0 atom stereocenters. The smallest absolute Gasteiger partial charge is 0.348 e. The Bertz CT molecular complexity index is 503. The van der Waals surface area contributed by atoms with Crippen molar-refractivity contribution in [2.45, 2.75) is 31.2 Å². The number of anilines is 1. The van der Waals surface area contributed by atoms with Crippen LogP contribution in [0, 0.1) is 10.1 Å². The van der Waals surface area contributed by atoms with Gasteiger partial charge in [-0.15, -0.1) is 0 Å². The second-order valence-electron chi connectivity index (χ2n) is 5.30. The fourth-order valence-electron chi connectivity index (χ4n) is 2.71. The summed E-state index contributed by atoms with van der Waals surface area (Å²) < 4.78 is 0. The molecule has 8 heteroatoms. The Hall–Kier alpha value is -1.47. The normalized spacial score (nSPS) is 17.4. The fourth-order valence-corrected chi connectivity index (χ4v) is 2.91. The van der Waals surface area contributed by atoms with Crippen LogP contribution >= 0.6 is 11.6 Å². The molecule has 0 aliphatic heterocycles. The van der Waals surface area contributed by atoms with Crippen molar-refractivity contribution >= 4 is 23.1 Å². The van der Waals surface area contributed by atoms with Crippen LogP contribution in [0.25, 0.3) is 0 Å². The first-order valence-corrected chi connectivity index (χ1v) is 6.90. The Morgan fingerprint density at radius 3 is 2.65 bits per heavy atom. The van der Waals surface area contributed by atoms with Crippen molar-refractivity contribution in [3.05, 3.63) is 21.6 Å². The Balaban J connectivity index is 2.19. The molecule has 0 unspecified atom stereocenters. The fraction of sp³-hybridized carbons (Fsp3) is 0.667. The highest BCUT2D eigenvalue weighted by atomic mass is 35.5. The number of nitro groups is 1. The Morgan fingerprint density at radius 1 is 1.45 bits per heavy atom. The maximum atomic E-state index is 11.0. The maximum Gasteiger partial charge on any atom is 0.348 e. The van der Waals surface area contributed by atoms with Gasteiger partial charge in [0.1, 0.15) is 6.33 Å². The molecule has 1 saturated carbocycles. The summed E-state index contributed by atoms with van der Waals surface area (Å²) in [6.07, 6.45) is 5.72. The topological polar surface area (TPSA) is 84.2 Å². The van der Waals surface area contributed by atoms with Crippen LogP contribution in [0.1, 0.15) is 25.7 Å². The third-order valence-electron chi connectivity index (χ3n) is 4.03. The third-order valence-corrected chi connectivity index (χ3v) is 4.30. The molecule has 1 aliphatic carbocycles. The van der Waals surface area contributed by atoms with E-state index in [1.807, 2.05) is 14.1 Å². The molecule has 0 saturated heterocycles. The highest BCUT2D eigenvalue weighted by Gasteiger charge is 2.36. The first kappa shape index (κ1) is 14.9. The number of nitrogens with zero attached hydrogens (tertiary/aromatic N) is 4. The summed E-state index contributed by atoms with van der Waals surface area (Å²) >= 11 is 5.77. The molecule has 20 heavy (non-hydrogen) atoms. The van der Waals surface area contributed by atoms with Crippen LogP contribution in [0.5, 0.6) is 0 Å². The number of likely N-dealkylation sites (N-methyl/N-ethyl adjacent to an activating group) is 1. The van der Waals surface area contributed by atoms with Crippen molar-refractivity contribution in [2.75, 3.05) is 26.0 Å². The van der Waals surface area contributed by atoms with Gasteiger partial charge in [-0.3, -0.25) is 10.1 Å². The van der Waals surface area contributed by atoms with Gasteiger partial charge in [0, 0.05) is 12.1 Å². The second-order valence-corrected chi connectivity index (χ2v) is 5.66. The van der Waals surface area contributed by atoms with Gasteiger partial charge in [-0.05, 0) is 26.9 Å². The summed E-state index contributed by atoms with van der Waals surface area (Å²) in [6, 6.07) is 0. The lowest BCUT2D eigenvalue weighted by molar-refractivity contribution is -0.384. The van der Waals surface area contributed by atoms with Crippen LogP contribution < -0.4 is 5.32 Å². The molecule has 1 aliphatic rings. The molecule has 0 bridgehead atoms. The van der Waals surface area contributed by atoms with Gasteiger partial charge in [0.05, 0.1) is 4.92 Å². The van der Waals surface area contributed by atoms with Gasteiger partial charge in [-0.2, -0.15) is 0 Å². The van der Waals surface area contributed by atoms with Crippen LogP contribution in [-0.2, 0) is 0 Å². The van der Waals surface area contributed by atoms with E-state index >= 15 is 0 Å². The molecule has 1 N–H and O–H groups in total. The average molecular weight is 300 g/mol. The van der Waals surface area contributed by atoms with Crippen LogP contribution in [0.4, 0.5) is 11.5 Å². The molecule has 2 rings (SSSR count). The van der Waals surface area contributed by atoms with Crippen molar-refractivity contribution in [2.24, 2.45) is 0 Å². The first-order valence-electron chi connectivity index (χ1n) is 6.52. The van der Waals surface area contributed by atoms with Gasteiger partial charge in [0.2, 0.25) is 11.0 Å². The summed E-state index contributed by atoms with van der Waals surface area (Å²) in [5.41, 5.74) is -0.244. The van der Waals surface area contributed by atoms with Crippen LogP contribution in [0.2, 0.25) is 5.15 Å². The molecule has 0 radical (unpaired) electrons. The minimum Gasteiger partial charge on any atom is -0.362 e. The highest BCUT2D eigenvalue weighted by Crippen LogP contribution is 2.35. The van der Waals surface area contributed by atoms with Crippen molar-refractivity contribution in [3.8, 4) is 0 Å². The van der Waals surface area contributed by atoms with Gasteiger partial charge in [-0.25, -0.2) is 9.97 Å². The summed E-state index contributed by atoms with van der Waals surface area (Å²) in [5, 5.41) is 14.0. The second kappa shape index (κ2) is 5.88. The quantitative estimate of drug-likeness (QED) is 0.510. The van der Waals surface area contributed by atoms with Crippen molar-refractivity contribution < 1.29 is 4.92 Å². The van der Waals surface area contributed by atoms with E-state index < -0.39 is 4.92 Å². The largest absolute Gasteiger partial charge is 0.362 e. The molecular formula is C12H18ClN5O2. The van der Waals surface area contributed by atoms with E-state index in [4.69, 9.17) is 11.6 Å². The van der Waals surface area contributed by atoms with E-state index in [0.717, 1.165) is 12.8 Å². The zero-order valence-corrected chi connectivity index (χ0v) is 12.4. The molecule has 7 nitrogen and oxygen atoms in total. The average Bonchev–Trinajstić information content (AvgIpc) is 2.86. The van der Waals surface area contributed by atoms with Gasteiger partial charge >= 0.3 is 5.69 Å². The summed E-state index contributed by atoms with van der Waals surface area (Å²) in [5.74, 6) is 0.183. The molecule has 1 aromatic heterocycles. The zero-order valence-electron chi connectivity index (χ0n) is 11.6. The third kappa shape index (κ3) is 2.83. The number of aromatic nitrogens is 2. The number of halogens is 1. The van der Waals surface area contributed by atoms with Gasteiger partial charge < -0.3 is 10.2 Å². The van der Waals surface area contributed by atoms with E-state index in [0.29, 0.717) is 6.54 Å². The number of hydrogen-bond acceptors (Lipinski definition) is 6. The zero-order chi connectivity index (χ0) is 14.8. The SMILES string of the molecule is CN(C)C1(CNc2ncnc(Cl)c2[N+](=O)[O-])CCCC1. The molecule has 110 valence electrons. The standard InChI is InChI=1S/C12H18ClN5O2/c1-17(2)12(5-3-4-6-12)7-14-11-9(18(19)20)10(13)15-8-16-11/h8H,3-7H2,1-2H3,(H,14,15,16). The predicted octanol–water partition coefficient (Wildman–Crippen LogP) is 2.32. The molecule has 0 amide bonds.